The topological polar surface area (TPSA) is 118 Å². The molecule has 0 atom stereocenters. The zero-order valence-electron chi connectivity index (χ0n) is 16.4. The van der Waals surface area contributed by atoms with Gasteiger partial charge in [0.25, 0.3) is 5.91 Å². The van der Waals surface area contributed by atoms with E-state index in [1.165, 1.54) is 19.8 Å². The second-order valence-corrected chi connectivity index (χ2v) is 7.77. The molecule has 5 N–H and O–H groups in total. The fourth-order valence-corrected chi connectivity index (χ4v) is 3.39. The third kappa shape index (κ3) is 5.86. The van der Waals surface area contributed by atoms with E-state index in [1.54, 1.807) is 0 Å². The summed E-state index contributed by atoms with van der Waals surface area (Å²) in [7, 11) is 0. The smallest absolute Gasteiger partial charge is 0.319 e. The van der Waals surface area contributed by atoms with E-state index in [2.05, 4.69) is 20.3 Å². The Morgan fingerprint density at radius 2 is 2.03 bits per heavy atom. The standard InChI is InChI=1S/C19H23F2N5O3S/c1-10-7-14(21)11(8-13(10)20)9-29-17-15(16(22)27)18(30-26-17)25-19(28)24-6-2-5-23-12-3-4-12/h7-8,12,23H,2-6,9H2,1H3,(H2,22,27)(H2,24,25,28). The average Bonchev–Trinajstić information content (AvgIpc) is 3.42. The van der Waals surface area contributed by atoms with Crippen molar-refractivity contribution in [3.63, 3.8) is 0 Å². The van der Waals surface area contributed by atoms with Gasteiger partial charge in [0.05, 0.1) is 0 Å². The number of urea groups is 1. The second kappa shape index (κ2) is 9.81. The molecule has 3 amide bonds. The van der Waals surface area contributed by atoms with Crippen molar-refractivity contribution in [3.05, 3.63) is 40.5 Å². The fourth-order valence-electron chi connectivity index (χ4n) is 2.65. The van der Waals surface area contributed by atoms with Gasteiger partial charge in [-0.1, -0.05) is 0 Å². The van der Waals surface area contributed by atoms with Crippen LogP contribution in [0.25, 0.3) is 0 Å². The number of benzene rings is 1. The van der Waals surface area contributed by atoms with Crippen LogP contribution in [0.3, 0.4) is 0 Å². The number of ether oxygens (including phenoxy) is 1. The third-order valence-corrected chi connectivity index (χ3v) is 5.22. The summed E-state index contributed by atoms with van der Waals surface area (Å²) in [6, 6.07) is 2.18. The summed E-state index contributed by atoms with van der Waals surface area (Å²) in [4.78, 5) is 23.9. The number of aromatic nitrogens is 1. The molecule has 1 aromatic carbocycles. The Bertz CT molecular complexity index is 933. The van der Waals surface area contributed by atoms with Crippen LogP contribution in [0, 0.1) is 18.6 Å². The van der Waals surface area contributed by atoms with Gasteiger partial charge in [0.1, 0.15) is 28.8 Å². The molecule has 1 aromatic heterocycles. The number of rotatable bonds is 10. The molecule has 1 saturated carbocycles. The molecule has 1 heterocycles. The summed E-state index contributed by atoms with van der Waals surface area (Å²) in [6.45, 7) is 2.36. The fraction of sp³-hybridized carbons (Fsp3) is 0.421. The number of nitrogens with two attached hydrogens (primary N) is 1. The van der Waals surface area contributed by atoms with Gasteiger partial charge in [-0.3, -0.25) is 10.1 Å². The molecule has 30 heavy (non-hydrogen) atoms. The molecule has 8 nitrogen and oxygen atoms in total. The van der Waals surface area contributed by atoms with Gasteiger partial charge in [-0.15, -0.1) is 0 Å². The van der Waals surface area contributed by atoms with Gasteiger partial charge >= 0.3 is 6.03 Å². The first-order valence-corrected chi connectivity index (χ1v) is 10.3. The number of carbonyl (C=O) groups excluding carboxylic acids is 2. The van der Waals surface area contributed by atoms with Crippen molar-refractivity contribution in [1.82, 2.24) is 15.0 Å². The highest BCUT2D eigenvalue weighted by molar-refractivity contribution is 7.11. The van der Waals surface area contributed by atoms with Gasteiger partial charge in [-0.2, -0.15) is 4.37 Å². The number of nitrogens with one attached hydrogen (secondary N) is 3. The summed E-state index contributed by atoms with van der Waals surface area (Å²) in [5.41, 5.74) is 5.40. The summed E-state index contributed by atoms with van der Waals surface area (Å²) >= 11 is 0.806. The predicted molar refractivity (Wildman–Crippen MR) is 109 cm³/mol. The van der Waals surface area contributed by atoms with Gasteiger partial charge in [0.2, 0.25) is 5.88 Å². The van der Waals surface area contributed by atoms with E-state index in [0.29, 0.717) is 12.6 Å². The minimum absolute atomic E-state index is 0.0337. The number of anilines is 1. The second-order valence-electron chi connectivity index (χ2n) is 7.00. The molecule has 1 fully saturated rings. The molecule has 3 rings (SSSR count). The van der Waals surface area contributed by atoms with E-state index < -0.39 is 23.6 Å². The first-order chi connectivity index (χ1) is 14.3. The average molecular weight is 439 g/mol. The number of hydrogen-bond donors (Lipinski definition) is 4. The zero-order chi connectivity index (χ0) is 21.7. The SMILES string of the molecule is Cc1cc(F)c(COc2nsc(NC(=O)NCCCNC3CC3)c2C(N)=O)cc1F. The lowest BCUT2D eigenvalue weighted by atomic mass is 10.1. The van der Waals surface area contributed by atoms with Crippen molar-refractivity contribution in [2.75, 3.05) is 18.4 Å². The van der Waals surface area contributed by atoms with Crippen molar-refractivity contribution >= 4 is 28.5 Å². The first-order valence-electron chi connectivity index (χ1n) is 9.50. The summed E-state index contributed by atoms with van der Waals surface area (Å²) < 4.78 is 37.0. The Labute approximate surface area is 176 Å². The van der Waals surface area contributed by atoms with Crippen molar-refractivity contribution < 1.29 is 23.1 Å². The van der Waals surface area contributed by atoms with Crippen molar-refractivity contribution in [3.8, 4) is 5.88 Å². The number of amides is 3. The molecule has 0 bridgehead atoms. The number of halogens is 2. The summed E-state index contributed by atoms with van der Waals surface area (Å²) in [5.74, 6) is -2.23. The van der Waals surface area contributed by atoms with Crippen molar-refractivity contribution in [2.45, 2.75) is 38.8 Å². The molecule has 0 aliphatic heterocycles. The van der Waals surface area contributed by atoms with Gasteiger partial charge < -0.3 is 21.1 Å². The van der Waals surface area contributed by atoms with Crippen LogP contribution in [0.2, 0.25) is 0 Å². The molecule has 1 aliphatic carbocycles. The molecule has 0 radical (unpaired) electrons. The minimum atomic E-state index is -0.863. The van der Waals surface area contributed by atoms with E-state index in [0.717, 1.165) is 36.6 Å². The number of carbonyl (C=O) groups is 2. The number of nitrogens with zero attached hydrogens (tertiary/aromatic N) is 1. The van der Waals surface area contributed by atoms with Crippen LogP contribution < -0.4 is 26.4 Å². The highest BCUT2D eigenvalue weighted by Gasteiger charge is 2.23. The number of primary amides is 1. The Morgan fingerprint density at radius 1 is 1.27 bits per heavy atom. The maximum atomic E-state index is 14.0. The zero-order valence-corrected chi connectivity index (χ0v) is 17.2. The summed E-state index contributed by atoms with van der Waals surface area (Å²) in [5, 5.41) is 8.65. The molecule has 1 aliphatic rings. The van der Waals surface area contributed by atoms with Gasteiger partial charge in [-0.25, -0.2) is 13.6 Å². The Kier molecular flexibility index (Phi) is 7.16. The Balaban J connectivity index is 1.56. The monoisotopic (exact) mass is 439 g/mol. The van der Waals surface area contributed by atoms with E-state index in [-0.39, 0.29) is 34.2 Å². The molecule has 11 heteroatoms. The Hall–Kier alpha value is -2.79. The molecule has 162 valence electrons. The molecular weight excluding hydrogens is 416 g/mol. The largest absolute Gasteiger partial charge is 0.471 e. The molecule has 0 unspecified atom stereocenters. The van der Waals surface area contributed by atoms with Crippen LogP contribution in [0.4, 0.5) is 18.6 Å². The Morgan fingerprint density at radius 3 is 2.73 bits per heavy atom. The van der Waals surface area contributed by atoms with Gasteiger partial charge in [0.15, 0.2) is 0 Å². The lowest BCUT2D eigenvalue weighted by Crippen LogP contribution is -2.32. The lowest BCUT2D eigenvalue weighted by Gasteiger charge is -2.09. The maximum Gasteiger partial charge on any atom is 0.319 e. The highest BCUT2D eigenvalue weighted by Crippen LogP contribution is 2.31. The van der Waals surface area contributed by atoms with Crippen LogP contribution in [0.15, 0.2) is 12.1 Å². The third-order valence-electron chi connectivity index (χ3n) is 4.48. The van der Waals surface area contributed by atoms with Crippen LogP contribution in [-0.4, -0.2) is 35.4 Å². The molecule has 0 spiro atoms. The van der Waals surface area contributed by atoms with Gasteiger partial charge in [0, 0.05) is 18.2 Å². The molecule has 0 saturated heterocycles. The van der Waals surface area contributed by atoms with Crippen LogP contribution in [-0.2, 0) is 6.61 Å². The lowest BCUT2D eigenvalue weighted by molar-refractivity contribution is 0.0996. The molecular formula is C19H23F2N5O3S. The summed E-state index contributed by atoms with van der Waals surface area (Å²) in [6.07, 6.45) is 3.17. The van der Waals surface area contributed by atoms with E-state index >= 15 is 0 Å². The van der Waals surface area contributed by atoms with Crippen LogP contribution in [0.5, 0.6) is 5.88 Å². The number of hydrogen-bond acceptors (Lipinski definition) is 6. The first kappa shape index (κ1) is 21.9. The highest BCUT2D eigenvalue weighted by atomic mass is 32.1. The van der Waals surface area contributed by atoms with Crippen LogP contribution >= 0.6 is 11.5 Å². The number of aryl methyl sites for hydroxylation is 1. The van der Waals surface area contributed by atoms with Gasteiger partial charge in [-0.05, 0) is 62.0 Å². The van der Waals surface area contributed by atoms with Crippen molar-refractivity contribution in [1.29, 1.82) is 0 Å². The predicted octanol–water partition coefficient (Wildman–Crippen LogP) is 2.67. The van der Waals surface area contributed by atoms with E-state index in [4.69, 9.17) is 10.5 Å². The molecule has 2 aromatic rings. The van der Waals surface area contributed by atoms with E-state index in [9.17, 15) is 18.4 Å². The van der Waals surface area contributed by atoms with Crippen molar-refractivity contribution in [2.24, 2.45) is 5.73 Å². The quantitative estimate of drug-likeness (QED) is 0.425. The van der Waals surface area contributed by atoms with E-state index in [1.807, 2.05) is 0 Å². The minimum Gasteiger partial charge on any atom is -0.471 e. The van der Waals surface area contributed by atoms with Crippen LogP contribution in [0.1, 0.15) is 40.7 Å². The normalized spacial score (nSPS) is 13.2. The maximum absolute atomic E-state index is 14.0.